The summed E-state index contributed by atoms with van der Waals surface area (Å²) in [5.41, 5.74) is 3.57. The molecular weight excluding hydrogens is 300 g/mol. The number of oxime groups is 1. The van der Waals surface area contributed by atoms with E-state index in [1.165, 1.54) is 0 Å². The van der Waals surface area contributed by atoms with E-state index < -0.39 is 0 Å². The van der Waals surface area contributed by atoms with Gasteiger partial charge in [-0.3, -0.25) is 0 Å². The van der Waals surface area contributed by atoms with E-state index in [-0.39, 0.29) is 11.1 Å². The van der Waals surface area contributed by atoms with Gasteiger partial charge in [-0.05, 0) is 35.1 Å². The average molecular weight is 322 g/mol. The highest BCUT2D eigenvalue weighted by molar-refractivity contribution is 6.12. The Labute approximate surface area is 143 Å². The minimum absolute atomic E-state index is 0.0190. The van der Waals surface area contributed by atoms with Gasteiger partial charge in [0.1, 0.15) is 18.4 Å². The Morgan fingerprint density at radius 1 is 1.21 bits per heavy atom. The molecule has 0 radical (unpaired) electrons. The highest BCUT2D eigenvalue weighted by atomic mass is 16.5. The molecule has 0 aromatic heterocycles. The predicted octanol–water partition coefficient (Wildman–Crippen LogP) is 4.57. The maximum Gasteiger partial charge on any atom is 0.187 e. The molecule has 2 aromatic rings. The van der Waals surface area contributed by atoms with Crippen molar-refractivity contribution in [3.63, 3.8) is 0 Å². The second kappa shape index (κ2) is 7.18. The molecule has 4 heteroatoms. The maximum atomic E-state index is 9.09. The van der Waals surface area contributed by atoms with E-state index in [4.69, 9.17) is 15.2 Å². The number of hydrogen-bond donors (Lipinski definition) is 1. The SMILES string of the molecule is Cc1ccc(C(C)(C)C)c(OCc2ccccc2C(C#N)=NO)c1. The molecule has 24 heavy (non-hydrogen) atoms. The number of rotatable bonds is 4. The second-order valence-corrected chi connectivity index (χ2v) is 6.76. The van der Waals surface area contributed by atoms with Crippen LogP contribution in [0.4, 0.5) is 0 Å². The lowest BCUT2D eigenvalue weighted by Crippen LogP contribution is -2.14. The molecule has 0 aliphatic rings. The molecule has 0 saturated heterocycles. The van der Waals surface area contributed by atoms with Crippen LogP contribution in [-0.2, 0) is 12.0 Å². The Morgan fingerprint density at radius 2 is 1.92 bits per heavy atom. The van der Waals surface area contributed by atoms with Crippen LogP contribution in [0.25, 0.3) is 0 Å². The van der Waals surface area contributed by atoms with Gasteiger partial charge in [0.2, 0.25) is 0 Å². The molecular formula is C20H22N2O2. The first-order valence-corrected chi connectivity index (χ1v) is 7.81. The summed E-state index contributed by atoms with van der Waals surface area (Å²) >= 11 is 0. The van der Waals surface area contributed by atoms with E-state index in [0.29, 0.717) is 12.2 Å². The first kappa shape index (κ1) is 17.6. The van der Waals surface area contributed by atoms with Gasteiger partial charge in [0.25, 0.3) is 0 Å². The molecule has 0 amide bonds. The van der Waals surface area contributed by atoms with Crippen LogP contribution < -0.4 is 4.74 Å². The minimum atomic E-state index is -0.0348. The first-order chi connectivity index (χ1) is 11.4. The lowest BCUT2D eigenvalue weighted by molar-refractivity contribution is 0.297. The zero-order valence-electron chi connectivity index (χ0n) is 14.5. The molecule has 0 fully saturated rings. The lowest BCUT2D eigenvalue weighted by atomic mass is 9.86. The van der Waals surface area contributed by atoms with Crippen molar-refractivity contribution in [2.75, 3.05) is 0 Å². The maximum absolute atomic E-state index is 9.09. The molecule has 2 rings (SSSR count). The summed E-state index contributed by atoms with van der Waals surface area (Å²) in [4.78, 5) is 0. The molecule has 1 N–H and O–H groups in total. The average Bonchev–Trinajstić information content (AvgIpc) is 2.54. The number of nitriles is 1. The quantitative estimate of drug-likeness (QED) is 0.509. The molecule has 0 unspecified atom stereocenters. The Bertz CT molecular complexity index is 796. The van der Waals surface area contributed by atoms with Gasteiger partial charge in [-0.25, -0.2) is 0 Å². The van der Waals surface area contributed by atoms with Crippen molar-refractivity contribution in [1.82, 2.24) is 0 Å². The summed E-state index contributed by atoms with van der Waals surface area (Å²) < 4.78 is 6.06. The molecule has 0 heterocycles. The molecule has 4 nitrogen and oxygen atoms in total. The van der Waals surface area contributed by atoms with Crippen molar-refractivity contribution in [3.8, 4) is 11.8 Å². The van der Waals surface area contributed by atoms with E-state index in [0.717, 1.165) is 22.4 Å². The normalized spacial score (nSPS) is 11.9. The van der Waals surface area contributed by atoms with Crippen LogP contribution in [0.2, 0.25) is 0 Å². The summed E-state index contributed by atoms with van der Waals surface area (Å²) in [5, 5.41) is 21.2. The van der Waals surface area contributed by atoms with Gasteiger partial charge in [0.15, 0.2) is 5.71 Å². The van der Waals surface area contributed by atoms with E-state index in [9.17, 15) is 0 Å². The second-order valence-electron chi connectivity index (χ2n) is 6.76. The van der Waals surface area contributed by atoms with Crippen molar-refractivity contribution in [2.45, 2.75) is 39.7 Å². The molecule has 0 saturated carbocycles. The largest absolute Gasteiger partial charge is 0.489 e. The van der Waals surface area contributed by atoms with Crippen molar-refractivity contribution in [1.29, 1.82) is 5.26 Å². The summed E-state index contributed by atoms with van der Waals surface area (Å²) in [6.45, 7) is 8.75. The Balaban J connectivity index is 2.34. The van der Waals surface area contributed by atoms with Crippen LogP contribution in [0, 0.1) is 18.3 Å². The third kappa shape index (κ3) is 3.94. The highest BCUT2D eigenvalue weighted by Crippen LogP contribution is 2.32. The fourth-order valence-corrected chi connectivity index (χ4v) is 2.54. The molecule has 0 atom stereocenters. The zero-order chi connectivity index (χ0) is 17.7. The topological polar surface area (TPSA) is 65.6 Å². The summed E-state index contributed by atoms with van der Waals surface area (Å²) in [6.07, 6.45) is 0. The van der Waals surface area contributed by atoms with E-state index in [1.54, 1.807) is 12.1 Å². The molecule has 0 aliphatic carbocycles. The van der Waals surface area contributed by atoms with Crippen molar-refractivity contribution >= 4 is 5.71 Å². The summed E-state index contributed by atoms with van der Waals surface area (Å²) in [5.74, 6) is 0.830. The standard InChI is InChI=1S/C20H22N2O2/c1-14-9-10-17(20(2,3)4)19(11-14)24-13-15-7-5-6-8-16(15)18(12-21)22-23/h5-11,23H,13H2,1-4H3. The zero-order valence-corrected chi connectivity index (χ0v) is 14.5. The molecule has 2 aromatic carbocycles. The number of benzene rings is 2. The van der Waals surface area contributed by atoms with Crippen LogP contribution in [0.5, 0.6) is 5.75 Å². The molecule has 0 aliphatic heterocycles. The fraction of sp³-hybridized carbons (Fsp3) is 0.300. The van der Waals surface area contributed by atoms with Gasteiger partial charge >= 0.3 is 0 Å². The lowest BCUT2D eigenvalue weighted by Gasteiger charge is -2.23. The van der Waals surface area contributed by atoms with Crippen LogP contribution >= 0.6 is 0 Å². The van der Waals surface area contributed by atoms with Crippen LogP contribution in [0.3, 0.4) is 0 Å². The van der Waals surface area contributed by atoms with Gasteiger partial charge in [-0.2, -0.15) is 5.26 Å². The van der Waals surface area contributed by atoms with Gasteiger partial charge in [-0.15, -0.1) is 0 Å². The van der Waals surface area contributed by atoms with Crippen molar-refractivity contribution in [3.05, 3.63) is 64.7 Å². The number of nitrogens with zero attached hydrogens (tertiary/aromatic N) is 2. The van der Waals surface area contributed by atoms with Crippen LogP contribution in [0.1, 0.15) is 43.0 Å². The third-order valence-corrected chi connectivity index (χ3v) is 3.81. The smallest absolute Gasteiger partial charge is 0.187 e. The van der Waals surface area contributed by atoms with E-state index >= 15 is 0 Å². The predicted molar refractivity (Wildman–Crippen MR) is 94.6 cm³/mol. The monoisotopic (exact) mass is 322 g/mol. The number of ether oxygens (including phenoxy) is 1. The molecule has 0 spiro atoms. The van der Waals surface area contributed by atoms with Gasteiger partial charge < -0.3 is 9.94 Å². The first-order valence-electron chi connectivity index (χ1n) is 7.81. The Kier molecular flexibility index (Phi) is 5.25. The Hall–Kier alpha value is -2.80. The Morgan fingerprint density at radius 3 is 2.54 bits per heavy atom. The summed E-state index contributed by atoms with van der Waals surface area (Å²) in [6, 6.07) is 15.4. The molecule has 124 valence electrons. The molecule has 0 bridgehead atoms. The van der Waals surface area contributed by atoms with Crippen LogP contribution in [-0.4, -0.2) is 10.9 Å². The van der Waals surface area contributed by atoms with Gasteiger partial charge in [0.05, 0.1) is 0 Å². The van der Waals surface area contributed by atoms with E-state index in [2.05, 4.69) is 38.1 Å². The van der Waals surface area contributed by atoms with Crippen molar-refractivity contribution in [2.24, 2.45) is 5.16 Å². The third-order valence-electron chi connectivity index (χ3n) is 3.81. The highest BCUT2D eigenvalue weighted by Gasteiger charge is 2.19. The van der Waals surface area contributed by atoms with Crippen molar-refractivity contribution < 1.29 is 9.94 Å². The number of aryl methyl sites for hydroxylation is 1. The van der Waals surface area contributed by atoms with E-state index in [1.807, 2.05) is 31.2 Å². The number of hydrogen-bond acceptors (Lipinski definition) is 4. The van der Waals surface area contributed by atoms with Gasteiger partial charge in [0, 0.05) is 5.56 Å². The van der Waals surface area contributed by atoms with Gasteiger partial charge in [-0.1, -0.05) is 62.3 Å². The summed E-state index contributed by atoms with van der Waals surface area (Å²) in [7, 11) is 0. The fourth-order valence-electron chi connectivity index (χ4n) is 2.54. The van der Waals surface area contributed by atoms with Crippen LogP contribution in [0.15, 0.2) is 47.6 Å². The minimum Gasteiger partial charge on any atom is -0.489 e.